The molecule has 0 unspecified atom stereocenters. The molecule has 1 N–H and O–H groups in total. The molecule has 0 amide bonds. The number of rotatable bonds is 7. The van der Waals surface area contributed by atoms with Gasteiger partial charge in [-0.1, -0.05) is 36.2 Å². The highest BCUT2D eigenvalue weighted by Gasteiger charge is 2.26. The normalized spacial score (nSPS) is 11.8. The summed E-state index contributed by atoms with van der Waals surface area (Å²) in [6.45, 7) is 6.32. The molecule has 0 aromatic heterocycles. The summed E-state index contributed by atoms with van der Waals surface area (Å²) in [6.07, 6.45) is 1.54. The molecular weight excluding hydrogens is 319 g/mol. The number of hydrogen-bond acceptors (Lipinski definition) is 3. The summed E-state index contributed by atoms with van der Waals surface area (Å²) in [5.41, 5.74) is 0.648. The molecule has 0 atom stereocenters. The van der Waals surface area contributed by atoms with Crippen molar-refractivity contribution >= 4 is 33.2 Å². The number of benzene rings is 1. The Morgan fingerprint density at radius 1 is 1.40 bits per heavy atom. The zero-order valence-corrected chi connectivity index (χ0v) is 13.8. The van der Waals surface area contributed by atoms with Gasteiger partial charge in [0.2, 0.25) is 10.0 Å². The van der Waals surface area contributed by atoms with E-state index < -0.39 is 10.0 Å². The molecule has 0 radical (unpaired) electrons. The van der Waals surface area contributed by atoms with Crippen molar-refractivity contribution in [3.05, 3.63) is 40.4 Å². The minimum Gasteiger partial charge on any atom is -0.316 e. The van der Waals surface area contributed by atoms with Crippen LogP contribution < -0.4 is 5.32 Å². The molecule has 0 spiro atoms. The Morgan fingerprint density at radius 3 is 2.55 bits per heavy atom. The van der Waals surface area contributed by atoms with Crippen molar-refractivity contribution < 1.29 is 8.42 Å². The predicted octanol–water partition coefficient (Wildman–Crippen LogP) is 2.91. The topological polar surface area (TPSA) is 49.4 Å². The van der Waals surface area contributed by atoms with E-state index in [0.717, 1.165) is 0 Å². The molecule has 0 aliphatic heterocycles. The van der Waals surface area contributed by atoms with Crippen LogP contribution in [-0.2, 0) is 16.6 Å². The van der Waals surface area contributed by atoms with Gasteiger partial charge in [0.25, 0.3) is 0 Å². The second-order valence-corrected chi connectivity index (χ2v) is 6.87. The largest absolute Gasteiger partial charge is 0.316 e. The monoisotopic (exact) mass is 336 g/mol. The highest BCUT2D eigenvalue weighted by Crippen LogP contribution is 2.31. The first kappa shape index (κ1) is 17.5. The molecule has 7 heteroatoms. The van der Waals surface area contributed by atoms with Gasteiger partial charge < -0.3 is 5.32 Å². The molecule has 0 aliphatic carbocycles. The maximum atomic E-state index is 12.6. The third kappa shape index (κ3) is 3.74. The fraction of sp³-hybridized carbons (Fsp3) is 0.385. The van der Waals surface area contributed by atoms with Gasteiger partial charge in [-0.25, -0.2) is 8.42 Å². The summed E-state index contributed by atoms with van der Waals surface area (Å²) in [5, 5.41) is 3.47. The lowest BCUT2D eigenvalue weighted by molar-refractivity contribution is 0.460. The van der Waals surface area contributed by atoms with E-state index >= 15 is 0 Å². The van der Waals surface area contributed by atoms with E-state index in [9.17, 15) is 8.42 Å². The van der Waals surface area contributed by atoms with Crippen molar-refractivity contribution in [2.45, 2.75) is 18.4 Å². The van der Waals surface area contributed by atoms with E-state index in [4.69, 9.17) is 23.2 Å². The summed E-state index contributed by atoms with van der Waals surface area (Å²) in [7, 11) is -1.94. The molecule has 1 rings (SSSR count). The number of nitrogens with one attached hydrogen (secondary N) is 1. The van der Waals surface area contributed by atoms with Crippen molar-refractivity contribution in [1.82, 2.24) is 9.62 Å². The van der Waals surface area contributed by atoms with Gasteiger partial charge in [-0.3, -0.25) is 0 Å². The second kappa shape index (κ2) is 7.43. The van der Waals surface area contributed by atoms with Gasteiger partial charge in [-0.15, -0.1) is 6.58 Å². The molecule has 1 aromatic rings. The van der Waals surface area contributed by atoms with Gasteiger partial charge in [-0.05, 0) is 24.7 Å². The number of nitrogens with zero attached hydrogens (tertiary/aromatic N) is 1. The van der Waals surface area contributed by atoms with E-state index in [1.54, 1.807) is 20.0 Å². The van der Waals surface area contributed by atoms with Crippen molar-refractivity contribution in [3.8, 4) is 0 Å². The number of likely N-dealkylation sites (N-methyl/N-ethyl adjacent to an activating group) is 1. The van der Waals surface area contributed by atoms with Crippen molar-refractivity contribution in [3.63, 3.8) is 0 Å². The molecule has 1 aromatic carbocycles. The zero-order valence-electron chi connectivity index (χ0n) is 11.5. The maximum absolute atomic E-state index is 12.6. The minimum absolute atomic E-state index is 0.0283. The maximum Gasteiger partial charge on any atom is 0.244 e. The van der Waals surface area contributed by atoms with E-state index in [1.165, 1.54) is 16.4 Å². The quantitative estimate of drug-likeness (QED) is 0.779. The van der Waals surface area contributed by atoms with Crippen molar-refractivity contribution in [2.24, 2.45) is 0 Å². The fourth-order valence-electron chi connectivity index (χ4n) is 1.81. The predicted molar refractivity (Wildman–Crippen MR) is 83.9 cm³/mol. The van der Waals surface area contributed by atoms with Gasteiger partial charge in [0.15, 0.2) is 0 Å². The second-order valence-electron chi connectivity index (χ2n) is 4.15. The first-order valence-corrected chi connectivity index (χ1v) is 8.31. The van der Waals surface area contributed by atoms with Crippen LogP contribution in [0.25, 0.3) is 0 Å². The number of halogens is 2. The number of sulfonamides is 1. The minimum atomic E-state index is -3.69. The first-order chi connectivity index (χ1) is 9.38. The summed E-state index contributed by atoms with van der Waals surface area (Å²) < 4.78 is 26.5. The summed E-state index contributed by atoms with van der Waals surface area (Å²) in [5.74, 6) is 0. The smallest absolute Gasteiger partial charge is 0.244 e. The van der Waals surface area contributed by atoms with Crippen LogP contribution in [0.3, 0.4) is 0 Å². The molecule has 0 aliphatic rings. The van der Waals surface area contributed by atoms with Crippen LogP contribution in [0, 0.1) is 0 Å². The van der Waals surface area contributed by atoms with Gasteiger partial charge in [0, 0.05) is 24.7 Å². The fourth-order valence-corrected chi connectivity index (χ4v) is 4.13. The average molecular weight is 337 g/mol. The third-order valence-electron chi connectivity index (χ3n) is 2.75. The molecule has 4 nitrogen and oxygen atoms in total. The number of hydrogen-bond donors (Lipinski definition) is 1. The van der Waals surface area contributed by atoms with E-state index in [1.807, 2.05) is 0 Å². The molecule has 112 valence electrons. The Labute approximate surface area is 130 Å². The Kier molecular flexibility index (Phi) is 6.48. The molecule has 0 bridgehead atoms. The van der Waals surface area contributed by atoms with Gasteiger partial charge in [-0.2, -0.15) is 4.31 Å². The van der Waals surface area contributed by atoms with Crippen LogP contribution in [-0.4, -0.2) is 32.9 Å². The summed E-state index contributed by atoms with van der Waals surface area (Å²) in [4.78, 5) is 0.0283. The lowest BCUT2D eigenvalue weighted by Gasteiger charge is -2.20. The van der Waals surface area contributed by atoms with Crippen LogP contribution in [0.5, 0.6) is 0 Å². The van der Waals surface area contributed by atoms with Crippen LogP contribution in [0.4, 0.5) is 0 Å². The molecule has 0 saturated carbocycles. The van der Waals surface area contributed by atoms with Crippen molar-refractivity contribution in [1.29, 1.82) is 0 Å². The summed E-state index contributed by atoms with van der Waals surface area (Å²) >= 11 is 12.2. The molecule has 0 saturated heterocycles. The standard InChI is InChI=1S/C13H18Cl2N2O2S/c1-4-6-17(5-2)20(18,19)12-8-11(14)7-10(9-16-3)13(12)15/h4,7-8,16H,1,5-6,9H2,2-3H3. The van der Waals surface area contributed by atoms with E-state index in [0.29, 0.717) is 23.7 Å². The van der Waals surface area contributed by atoms with Crippen LogP contribution in [0.15, 0.2) is 29.7 Å². The van der Waals surface area contributed by atoms with Crippen LogP contribution in [0.1, 0.15) is 12.5 Å². The average Bonchev–Trinajstić information content (AvgIpc) is 2.39. The van der Waals surface area contributed by atoms with E-state index in [2.05, 4.69) is 11.9 Å². The Hall–Kier alpha value is -0.590. The lowest BCUT2D eigenvalue weighted by Crippen LogP contribution is -2.31. The Bertz CT molecular complexity index is 588. The SMILES string of the molecule is C=CCN(CC)S(=O)(=O)c1cc(Cl)cc(CNC)c1Cl. The van der Waals surface area contributed by atoms with Gasteiger partial charge >= 0.3 is 0 Å². The van der Waals surface area contributed by atoms with Gasteiger partial charge in [0.1, 0.15) is 4.90 Å². The lowest BCUT2D eigenvalue weighted by atomic mass is 10.2. The van der Waals surface area contributed by atoms with Crippen molar-refractivity contribution in [2.75, 3.05) is 20.1 Å². The van der Waals surface area contributed by atoms with E-state index in [-0.39, 0.29) is 16.5 Å². The molecule has 0 heterocycles. The molecular formula is C13H18Cl2N2O2S. The Morgan fingerprint density at radius 2 is 2.05 bits per heavy atom. The van der Waals surface area contributed by atoms with Gasteiger partial charge in [0.05, 0.1) is 5.02 Å². The van der Waals surface area contributed by atoms with Crippen LogP contribution in [0.2, 0.25) is 10.0 Å². The zero-order chi connectivity index (χ0) is 15.3. The van der Waals surface area contributed by atoms with Crippen LogP contribution >= 0.6 is 23.2 Å². The highest BCUT2D eigenvalue weighted by atomic mass is 35.5. The molecule has 20 heavy (non-hydrogen) atoms. The highest BCUT2D eigenvalue weighted by molar-refractivity contribution is 7.89. The molecule has 0 fully saturated rings. The summed E-state index contributed by atoms with van der Waals surface area (Å²) in [6, 6.07) is 3.04. The first-order valence-electron chi connectivity index (χ1n) is 6.12. The third-order valence-corrected chi connectivity index (χ3v) is 5.49. The Balaban J connectivity index is 3.40.